The maximum absolute atomic E-state index is 12.3. The van der Waals surface area contributed by atoms with Crippen LogP contribution in [0.25, 0.3) is 10.9 Å². The van der Waals surface area contributed by atoms with Crippen molar-refractivity contribution in [2.45, 2.75) is 38.3 Å². The Bertz CT molecular complexity index is 702. The van der Waals surface area contributed by atoms with Gasteiger partial charge in [-0.15, -0.1) is 0 Å². The van der Waals surface area contributed by atoms with Gasteiger partial charge in [-0.2, -0.15) is 0 Å². The van der Waals surface area contributed by atoms with E-state index in [0.29, 0.717) is 17.3 Å². The molecule has 110 valence electrons. The van der Waals surface area contributed by atoms with Crippen LogP contribution in [-0.4, -0.2) is 27.9 Å². The molecule has 5 heteroatoms. The number of carbonyl (C=O) groups is 1. The Kier molecular flexibility index (Phi) is 4.10. The number of para-hydroxylation sites is 1. The fraction of sp³-hybridized carbons (Fsp3) is 0.438. The topological polar surface area (TPSA) is 64.0 Å². The van der Waals surface area contributed by atoms with Gasteiger partial charge in [0.15, 0.2) is 5.78 Å². The number of aromatic nitrogens is 2. The highest BCUT2D eigenvalue weighted by Crippen LogP contribution is 2.11. The summed E-state index contributed by atoms with van der Waals surface area (Å²) in [5, 5.41) is 3.92. The highest BCUT2D eigenvalue weighted by Gasteiger charge is 2.17. The van der Waals surface area contributed by atoms with Crippen molar-refractivity contribution in [3.63, 3.8) is 0 Å². The first-order chi connectivity index (χ1) is 10.2. The van der Waals surface area contributed by atoms with Crippen molar-refractivity contribution < 1.29 is 4.79 Å². The molecule has 1 aromatic carbocycles. The highest BCUT2D eigenvalue weighted by molar-refractivity contribution is 5.80. The maximum atomic E-state index is 12.3. The first-order valence-corrected chi connectivity index (χ1v) is 7.43. The second-order valence-electron chi connectivity index (χ2n) is 5.58. The Morgan fingerprint density at radius 2 is 2.19 bits per heavy atom. The van der Waals surface area contributed by atoms with Crippen LogP contribution < -0.4 is 10.9 Å². The summed E-state index contributed by atoms with van der Waals surface area (Å²) < 4.78 is 1.41. The fourth-order valence-electron chi connectivity index (χ4n) is 2.85. The Hall–Kier alpha value is -2.01. The zero-order valence-corrected chi connectivity index (χ0v) is 11.9. The van der Waals surface area contributed by atoms with Gasteiger partial charge in [0.05, 0.1) is 23.8 Å². The van der Waals surface area contributed by atoms with Crippen LogP contribution in [0, 0.1) is 0 Å². The summed E-state index contributed by atoms with van der Waals surface area (Å²) in [6.45, 7) is 1.09. The second kappa shape index (κ2) is 6.18. The quantitative estimate of drug-likeness (QED) is 0.924. The lowest BCUT2D eigenvalue weighted by molar-refractivity contribution is -0.120. The van der Waals surface area contributed by atoms with E-state index in [0.717, 1.165) is 13.0 Å². The number of nitrogens with zero attached hydrogens (tertiary/aromatic N) is 2. The van der Waals surface area contributed by atoms with Crippen molar-refractivity contribution in [3.8, 4) is 0 Å². The maximum Gasteiger partial charge on any atom is 0.261 e. The summed E-state index contributed by atoms with van der Waals surface area (Å²) in [4.78, 5) is 28.7. The predicted octanol–water partition coefficient (Wildman–Crippen LogP) is 1.50. The number of benzene rings is 1. The standard InChI is InChI=1S/C16H19N3O2/c20-13(9-12-5-3-4-8-17-12)10-19-11-18-15-7-2-1-6-14(15)16(19)21/h1-2,6-7,11-12,17H,3-5,8-10H2. The Balaban J connectivity index is 1.73. The van der Waals surface area contributed by atoms with Crippen molar-refractivity contribution in [1.82, 2.24) is 14.9 Å². The van der Waals surface area contributed by atoms with Crippen molar-refractivity contribution in [2.75, 3.05) is 6.54 Å². The smallest absolute Gasteiger partial charge is 0.261 e. The predicted molar refractivity (Wildman–Crippen MR) is 81.3 cm³/mol. The molecule has 0 aliphatic carbocycles. The SMILES string of the molecule is O=C(CC1CCCCN1)Cn1cnc2ccccc2c1=O. The number of hydrogen-bond donors (Lipinski definition) is 1. The van der Waals surface area contributed by atoms with Crippen LogP contribution in [0.3, 0.4) is 0 Å². The van der Waals surface area contributed by atoms with Gasteiger partial charge in [-0.3, -0.25) is 14.2 Å². The van der Waals surface area contributed by atoms with Gasteiger partial charge in [-0.05, 0) is 31.5 Å². The number of hydrogen-bond acceptors (Lipinski definition) is 4. The number of carbonyl (C=O) groups excluding carboxylic acids is 1. The average Bonchev–Trinajstić information content (AvgIpc) is 2.51. The van der Waals surface area contributed by atoms with Gasteiger partial charge < -0.3 is 5.32 Å². The molecule has 1 saturated heterocycles. The molecule has 21 heavy (non-hydrogen) atoms. The monoisotopic (exact) mass is 285 g/mol. The van der Waals surface area contributed by atoms with Crippen LogP contribution in [0.2, 0.25) is 0 Å². The Morgan fingerprint density at radius 1 is 1.33 bits per heavy atom. The summed E-state index contributed by atoms with van der Waals surface area (Å²) in [5.74, 6) is 0.0774. The van der Waals surface area contributed by atoms with E-state index in [1.54, 1.807) is 12.1 Å². The molecule has 0 spiro atoms. The van der Waals surface area contributed by atoms with Crippen molar-refractivity contribution in [2.24, 2.45) is 0 Å². The molecule has 1 aromatic heterocycles. The van der Waals surface area contributed by atoms with Gasteiger partial charge in [0.25, 0.3) is 5.56 Å². The van der Waals surface area contributed by atoms with E-state index in [2.05, 4.69) is 10.3 Å². The summed E-state index contributed by atoms with van der Waals surface area (Å²) in [5.41, 5.74) is 0.519. The number of nitrogens with one attached hydrogen (secondary N) is 1. The first kappa shape index (κ1) is 13.9. The van der Waals surface area contributed by atoms with E-state index >= 15 is 0 Å². The van der Waals surface area contributed by atoms with Gasteiger partial charge in [0.1, 0.15) is 0 Å². The number of rotatable bonds is 4. The lowest BCUT2D eigenvalue weighted by Gasteiger charge is -2.22. The summed E-state index contributed by atoms with van der Waals surface area (Å²) in [7, 11) is 0. The van der Waals surface area contributed by atoms with Crippen LogP contribution in [0.5, 0.6) is 0 Å². The van der Waals surface area contributed by atoms with Crippen LogP contribution >= 0.6 is 0 Å². The zero-order valence-electron chi connectivity index (χ0n) is 11.9. The van der Waals surface area contributed by atoms with Gasteiger partial charge in [0, 0.05) is 12.5 Å². The third-order valence-electron chi connectivity index (χ3n) is 3.96. The van der Waals surface area contributed by atoms with Crippen LogP contribution in [0.15, 0.2) is 35.4 Å². The molecule has 2 heterocycles. The molecule has 2 aromatic rings. The Morgan fingerprint density at radius 3 is 3.00 bits per heavy atom. The summed E-state index contributed by atoms with van der Waals surface area (Å²) in [6.07, 6.45) is 5.34. The molecule has 1 aliphatic rings. The lowest BCUT2D eigenvalue weighted by atomic mass is 10.00. The largest absolute Gasteiger partial charge is 0.314 e. The zero-order chi connectivity index (χ0) is 14.7. The van der Waals surface area contributed by atoms with Gasteiger partial charge in [0.2, 0.25) is 0 Å². The number of ketones is 1. The fourth-order valence-corrected chi connectivity index (χ4v) is 2.85. The van der Waals surface area contributed by atoms with Crippen LogP contribution in [0.1, 0.15) is 25.7 Å². The molecule has 0 saturated carbocycles. The average molecular weight is 285 g/mol. The molecule has 0 amide bonds. The summed E-state index contributed by atoms with van der Waals surface area (Å²) >= 11 is 0. The van der Waals surface area contributed by atoms with Crippen molar-refractivity contribution in [1.29, 1.82) is 0 Å². The molecule has 1 atom stereocenters. The van der Waals surface area contributed by atoms with Crippen LogP contribution in [-0.2, 0) is 11.3 Å². The molecule has 0 radical (unpaired) electrons. The third kappa shape index (κ3) is 3.19. The molecular weight excluding hydrogens is 266 g/mol. The van der Waals surface area contributed by atoms with Gasteiger partial charge >= 0.3 is 0 Å². The molecular formula is C16H19N3O2. The molecule has 1 N–H and O–H groups in total. The second-order valence-corrected chi connectivity index (χ2v) is 5.58. The van der Waals surface area contributed by atoms with E-state index in [1.165, 1.54) is 23.7 Å². The van der Waals surface area contributed by atoms with Crippen molar-refractivity contribution in [3.05, 3.63) is 40.9 Å². The number of fused-ring (bicyclic) bond motifs is 1. The molecule has 1 fully saturated rings. The minimum absolute atomic E-state index is 0.0774. The lowest BCUT2D eigenvalue weighted by Crippen LogP contribution is -2.37. The first-order valence-electron chi connectivity index (χ1n) is 7.43. The molecule has 1 unspecified atom stereocenters. The normalized spacial score (nSPS) is 18.8. The minimum atomic E-state index is -0.148. The molecule has 1 aliphatic heterocycles. The van der Waals surface area contributed by atoms with Gasteiger partial charge in [-0.1, -0.05) is 18.6 Å². The molecule has 3 rings (SSSR count). The summed E-state index contributed by atoms with van der Waals surface area (Å²) in [6, 6.07) is 7.46. The number of piperidine rings is 1. The number of Topliss-reactive ketones (excluding diaryl/α,β-unsaturated/α-hetero) is 1. The third-order valence-corrected chi connectivity index (χ3v) is 3.96. The minimum Gasteiger partial charge on any atom is -0.314 e. The Labute approximate surface area is 123 Å². The van der Waals surface area contributed by atoms with Gasteiger partial charge in [-0.25, -0.2) is 4.98 Å². The van der Waals surface area contributed by atoms with E-state index in [-0.39, 0.29) is 23.9 Å². The van der Waals surface area contributed by atoms with E-state index < -0.39 is 0 Å². The van der Waals surface area contributed by atoms with E-state index in [4.69, 9.17) is 0 Å². The van der Waals surface area contributed by atoms with E-state index in [1.807, 2.05) is 12.1 Å². The van der Waals surface area contributed by atoms with Crippen LogP contribution in [0.4, 0.5) is 0 Å². The molecule has 0 bridgehead atoms. The van der Waals surface area contributed by atoms with Crippen molar-refractivity contribution >= 4 is 16.7 Å². The molecule has 5 nitrogen and oxygen atoms in total. The highest BCUT2D eigenvalue weighted by atomic mass is 16.1. The van der Waals surface area contributed by atoms with E-state index in [9.17, 15) is 9.59 Å².